The molecule has 0 saturated carbocycles. The molecule has 2 atom stereocenters. The van der Waals surface area contributed by atoms with E-state index in [1.807, 2.05) is 13.0 Å². The summed E-state index contributed by atoms with van der Waals surface area (Å²) >= 11 is 3.29. The first kappa shape index (κ1) is 11.5. The minimum absolute atomic E-state index is 0.0343. The highest BCUT2D eigenvalue weighted by molar-refractivity contribution is 9.10. The Hall–Kier alpha value is -0.940. The predicted octanol–water partition coefficient (Wildman–Crippen LogP) is 1.41. The Morgan fingerprint density at radius 3 is 2.88 bits per heavy atom. The fourth-order valence-electron chi connectivity index (χ4n) is 1.90. The van der Waals surface area contributed by atoms with Gasteiger partial charge in [-0.25, -0.2) is 4.98 Å². The van der Waals surface area contributed by atoms with E-state index in [4.69, 9.17) is 5.73 Å². The third kappa shape index (κ3) is 2.10. The molecule has 0 aliphatic carbocycles. The number of halogens is 1. The fraction of sp³-hybridized carbons (Fsp3) is 0.455. The van der Waals surface area contributed by atoms with Crippen LogP contribution in [0, 0.1) is 0 Å². The number of rotatable bonds is 1. The van der Waals surface area contributed by atoms with Crippen molar-refractivity contribution < 1.29 is 4.79 Å². The zero-order valence-electron chi connectivity index (χ0n) is 9.06. The van der Waals surface area contributed by atoms with E-state index in [0.717, 1.165) is 17.4 Å². The van der Waals surface area contributed by atoms with Gasteiger partial charge in [-0.2, -0.15) is 0 Å². The lowest BCUT2D eigenvalue weighted by Gasteiger charge is -2.22. The van der Waals surface area contributed by atoms with Gasteiger partial charge in [-0.05, 0) is 41.4 Å². The molecule has 4 nitrogen and oxygen atoms in total. The van der Waals surface area contributed by atoms with E-state index in [1.165, 1.54) is 0 Å². The molecular formula is C11H14BrN3O. The van der Waals surface area contributed by atoms with Gasteiger partial charge in [0.2, 0.25) is 0 Å². The maximum absolute atomic E-state index is 12.1. The monoisotopic (exact) mass is 283 g/mol. The Kier molecular flexibility index (Phi) is 3.25. The van der Waals surface area contributed by atoms with Crippen LogP contribution in [-0.4, -0.2) is 34.4 Å². The number of hydrogen-bond donors (Lipinski definition) is 1. The molecule has 1 amide bonds. The Bertz CT molecular complexity index is 393. The standard InChI is InChI=1S/C11H14BrN3O/c1-7-9(13)4-5-15(7)11(16)10-3-2-8(12)6-14-10/h2-3,6-7,9H,4-5,13H2,1H3. The number of pyridine rings is 1. The summed E-state index contributed by atoms with van der Waals surface area (Å²) in [6.45, 7) is 2.70. The molecule has 1 aliphatic heterocycles. The molecule has 0 aromatic carbocycles. The molecule has 2 rings (SSSR count). The van der Waals surface area contributed by atoms with Crippen LogP contribution in [0.2, 0.25) is 0 Å². The highest BCUT2D eigenvalue weighted by Gasteiger charge is 2.32. The normalized spacial score (nSPS) is 24.8. The molecular weight excluding hydrogens is 270 g/mol. The van der Waals surface area contributed by atoms with Gasteiger partial charge in [-0.3, -0.25) is 4.79 Å². The van der Waals surface area contributed by atoms with Crippen molar-refractivity contribution in [1.29, 1.82) is 0 Å². The van der Waals surface area contributed by atoms with Crippen molar-refractivity contribution in [2.45, 2.75) is 25.4 Å². The summed E-state index contributed by atoms with van der Waals surface area (Å²) < 4.78 is 0.871. The summed E-state index contributed by atoms with van der Waals surface area (Å²) in [7, 11) is 0. The highest BCUT2D eigenvalue weighted by Crippen LogP contribution is 2.18. The average Bonchev–Trinajstić information content (AvgIpc) is 2.60. The molecule has 2 heterocycles. The number of likely N-dealkylation sites (tertiary alicyclic amines) is 1. The topological polar surface area (TPSA) is 59.2 Å². The van der Waals surface area contributed by atoms with Gasteiger partial charge in [0, 0.05) is 29.3 Å². The summed E-state index contributed by atoms with van der Waals surface area (Å²) in [5.41, 5.74) is 6.36. The second-order valence-electron chi connectivity index (χ2n) is 4.05. The minimum atomic E-state index is -0.0343. The first-order valence-electron chi connectivity index (χ1n) is 5.27. The first-order valence-corrected chi connectivity index (χ1v) is 6.07. The molecule has 5 heteroatoms. The van der Waals surface area contributed by atoms with Crippen LogP contribution >= 0.6 is 15.9 Å². The Morgan fingerprint density at radius 1 is 1.62 bits per heavy atom. The van der Waals surface area contributed by atoms with Crippen LogP contribution in [0.4, 0.5) is 0 Å². The molecule has 0 radical (unpaired) electrons. The average molecular weight is 284 g/mol. The predicted molar refractivity (Wildman–Crippen MR) is 65.0 cm³/mol. The number of carbonyl (C=O) groups excluding carboxylic acids is 1. The van der Waals surface area contributed by atoms with E-state index < -0.39 is 0 Å². The molecule has 1 aromatic rings. The van der Waals surface area contributed by atoms with Crippen molar-refractivity contribution in [1.82, 2.24) is 9.88 Å². The second-order valence-corrected chi connectivity index (χ2v) is 4.97. The maximum Gasteiger partial charge on any atom is 0.272 e. The first-order chi connectivity index (χ1) is 7.59. The zero-order chi connectivity index (χ0) is 11.7. The van der Waals surface area contributed by atoms with E-state index in [9.17, 15) is 4.79 Å². The number of hydrogen-bond acceptors (Lipinski definition) is 3. The lowest BCUT2D eigenvalue weighted by Crippen LogP contribution is -2.40. The lowest BCUT2D eigenvalue weighted by molar-refractivity contribution is 0.0736. The number of aromatic nitrogens is 1. The summed E-state index contributed by atoms with van der Waals surface area (Å²) in [4.78, 5) is 18.0. The maximum atomic E-state index is 12.1. The summed E-state index contributed by atoms with van der Waals surface area (Å²) in [5, 5.41) is 0. The molecule has 1 saturated heterocycles. The molecule has 2 N–H and O–H groups in total. The number of nitrogens with two attached hydrogens (primary N) is 1. The van der Waals surface area contributed by atoms with E-state index in [-0.39, 0.29) is 18.0 Å². The van der Waals surface area contributed by atoms with Crippen LogP contribution in [0.5, 0.6) is 0 Å². The van der Waals surface area contributed by atoms with Crippen molar-refractivity contribution in [3.8, 4) is 0 Å². The molecule has 1 aromatic heterocycles. The third-order valence-electron chi connectivity index (χ3n) is 3.02. The molecule has 86 valence electrons. The van der Waals surface area contributed by atoms with Gasteiger partial charge in [-0.1, -0.05) is 0 Å². The van der Waals surface area contributed by atoms with Gasteiger partial charge in [0.15, 0.2) is 0 Å². The van der Waals surface area contributed by atoms with E-state index in [1.54, 1.807) is 17.2 Å². The number of nitrogens with zero attached hydrogens (tertiary/aromatic N) is 2. The number of carbonyl (C=O) groups is 1. The second kappa shape index (κ2) is 4.51. The molecule has 0 bridgehead atoms. The molecule has 1 fully saturated rings. The van der Waals surface area contributed by atoms with Gasteiger partial charge >= 0.3 is 0 Å². The van der Waals surface area contributed by atoms with Crippen LogP contribution in [0.3, 0.4) is 0 Å². The summed E-state index contributed by atoms with van der Waals surface area (Å²) in [5.74, 6) is -0.0343. The van der Waals surface area contributed by atoms with Gasteiger partial charge in [-0.15, -0.1) is 0 Å². The van der Waals surface area contributed by atoms with Crippen molar-refractivity contribution in [2.24, 2.45) is 5.73 Å². The van der Waals surface area contributed by atoms with Gasteiger partial charge in [0.05, 0.1) is 0 Å². The van der Waals surface area contributed by atoms with E-state index in [2.05, 4.69) is 20.9 Å². The van der Waals surface area contributed by atoms with Crippen molar-refractivity contribution in [3.05, 3.63) is 28.5 Å². The molecule has 1 aliphatic rings. The van der Waals surface area contributed by atoms with Gasteiger partial charge in [0.25, 0.3) is 5.91 Å². The van der Waals surface area contributed by atoms with Crippen LogP contribution in [0.25, 0.3) is 0 Å². The number of amides is 1. The largest absolute Gasteiger partial charge is 0.333 e. The fourth-order valence-corrected chi connectivity index (χ4v) is 2.13. The van der Waals surface area contributed by atoms with Crippen LogP contribution in [0.1, 0.15) is 23.8 Å². The smallest absolute Gasteiger partial charge is 0.272 e. The van der Waals surface area contributed by atoms with Gasteiger partial charge in [0.1, 0.15) is 5.69 Å². The molecule has 2 unspecified atom stereocenters. The summed E-state index contributed by atoms with van der Waals surface area (Å²) in [6.07, 6.45) is 2.50. The van der Waals surface area contributed by atoms with E-state index in [0.29, 0.717) is 5.69 Å². The minimum Gasteiger partial charge on any atom is -0.333 e. The van der Waals surface area contributed by atoms with Crippen LogP contribution in [-0.2, 0) is 0 Å². The highest BCUT2D eigenvalue weighted by atomic mass is 79.9. The van der Waals surface area contributed by atoms with E-state index >= 15 is 0 Å². The lowest BCUT2D eigenvalue weighted by atomic mass is 10.1. The van der Waals surface area contributed by atoms with Gasteiger partial charge < -0.3 is 10.6 Å². The Labute approximate surface area is 103 Å². The third-order valence-corrected chi connectivity index (χ3v) is 3.49. The Balaban J connectivity index is 2.16. The molecule has 0 spiro atoms. The quantitative estimate of drug-likeness (QED) is 0.848. The Morgan fingerprint density at radius 2 is 2.38 bits per heavy atom. The summed E-state index contributed by atoms with van der Waals surface area (Å²) in [6, 6.07) is 3.72. The SMILES string of the molecule is CC1C(N)CCN1C(=O)c1ccc(Br)cn1. The van der Waals surface area contributed by atoms with Crippen LogP contribution < -0.4 is 5.73 Å². The van der Waals surface area contributed by atoms with Crippen molar-refractivity contribution >= 4 is 21.8 Å². The zero-order valence-corrected chi connectivity index (χ0v) is 10.6. The van der Waals surface area contributed by atoms with Crippen molar-refractivity contribution in [3.63, 3.8) is 0 Å². The molecule has 16 heavy (non-hydrogen) atoms. The van der Waals surface area contributed by atoms with Crippen LogP contribution in [0.15, 0.2) is 22.8 Å². The van der Waals surface area contributed by atoms with Crippen molar-refractivity contribution in [2.75, 3.05) is 6.54 Å².